The standard InChI is InChI=1S/C19H23FN2O/c1-4-18(15-7-5-13(2)6-8-15)21-14(3)19(23)22-17-11-9-16(20)10-12-17/h5-12,14,18,21H,4H2,1-3H3,(H,22,23)/p+1/t14-,18-/m0/s1. The molecule has 0 aromatic heterocycles. The summed E-state index contributed by atoms with van der Waals surface area (Å²) in [7, 11) is 0. The predicted molar refractivity (Wildman–Crippen MR) is 90.6 cm³/mol. The van der Waals surface area contributed by atoms with Crippen LogP contribution in [0.1, 0.15) is 37.4 Å². The van der Waals surface area contributed by atoms with E-state index in [4.69, 9.17) is 0 Å². The fourth-order valence-electron chi connectivity index (χ4n) is 2.52. The van der Waals surface area contributed by atoms with Crippen LogP contribution in [0.4, 0.5) is 10.1 Å². The van der Waals surface area contributed by atoms with Crippen molar-refractivity contribution in [1.82, 2.24) is 0 Å². The van der Waals surface area contributed by atoms with E-state index < -0.39 is 0 Å². The van der Waals surface area contributed by atoms with Crippen molar-refractivity contribution < 1.29 is 14.5 Å². The van der Waals surface area contributed by atoms with Crippen molar-refractivity contribution in [3.05, 3.63) is 65.5 Å². The summed E-state index contributed by atoms with van der Waals surface area (Å²) in [6.45, 7) is 6.06. The van der Waals surface area contributed by atoms with E-state index in [1.165, 1.54) is 23.3 Å². The van der Waals surface area contributed by atoms with E-state index in [1.54, 1.807) is 12.1 Å². The average Bonchev–Trinajstić information content (AvgIpc) is 2.55. The Hall–Kier alpha value is -2.20. The molecule has 4 heteroatoms. The Kier molecular flexibility index (Phi) is 5.88. The Labute approximate surface area is 136 Å². The zero-order valence-electron chi connectivity index (χ0n) is 13.8. The fourth-order valence-corrected chi connectivity index (χ4v) is 2.52. The lowest BCUT2D eigenvalue weighted by molar-refractivity contribution is -0.713. The van der Waals surface area contributed by atoms with E-state index in [1.807, 2.05) is 6.92 Å². The van der Waals surface area contributed by atoms with Gasteiger partial charge in [0.15, 0.2) is 6.04 Å². The molecule has 0 heterocycles. The molecule has 1 amide bonds. The van der Waals surface area contributed by atoms with Crippen molar-refractivity contribution in [2.45, 2.75) is 39.3 Å². The number of carbonyl (C=O) groups is 1. The van der Waals surface area contributed by atoms with Gasteiger partial charge in [-0.2, -0.15) is 0 Å². The Balaban J connectivity index is 1.98. The topological polar surface area (TPSA) is 45.7 Å². The van der Waals surface area contributed by atoms with Crippen molar-refractivity contribution in [2.24, 2.45) is 0 Å². The second-order valence-electron chi connectivity index (χ2n) is 5.90. The van der Waals surface area contributed by atoms with Gasteiger partial charge >= 0.3 is 0 Å². The minimum absolute atomic E-state index is 0.0813. The fraction of sp³-hybridized carbons (Fsp3) is 0.316. The number of amides is 1. The van der Waals surface area contributed by atoms with Gasteiger partial charge in [0.2, 0.25) is 0 Å². The van der Waals surface area contributed by atoms with Crippen LogP contribution in [0.5, 0.6) is 0 Å². The molecule has 0 aliphatic heterocycles. The van der Waals surface area contributed by atoms with Crippen molar-refractivity contribution in [2.75, 3.05) is 5.32 Å². The molecule has 0 radical (unpaired) electrons. The molecule has 0 spiro atoms. The number of quaternary nitrogens is 1. The Bertz CT molecular complexity index is 637. The Morgan fingerprint density at radius 3 is 2.30 bits per heavy atom. The first-order chi connectivity index (χ1) is 11.0. The summed E-state index contributed by atoms with van der Waals surface area (Å²) in [5.41, 5.74) is 3.06. The van der Waals surface area contributed by atoms with Crippen LogP contribution in [-0.4, -0.2) is 11.9 Å². The van der Waals surface area contributed by atoms with E-state index in [9.17, 15) is 9.18 Å². The molecular formula is C19H24FN2O+. The molecule has 0 bridgehead atoms. The highest BCUT2D eigenvalue weighted by atomic mass is 19.1. The van der Waals surface area contributed by atoms with Crippen molar-refractivity contribution in [3.8, 4) is 0 Å². The predicted octanol–water partition coefficient (Wildman–Crippen LogP) is 3.18. The summed E-state index contributed by atoms with van der Waals surface area (Å²) >= 11 is 0. The summed E-state index contributed by atoms with van der Waals surface area (Å²) in [6, 6.07) is 14.2. The van der Waals surface area contributed by atoms with E-state index >= 15 is 0 Å². The number of anilines is 1. The summed E-state index contributed by atoms with van der Waals surface area (Å²) in [5.74, 6) is -0.393. The quantitative estimate of drug-likeness (QED) is 0.845. The number of nitrogens with one attached hydrogen (secondary N) is 1. The highest BCUT2D eigenvalue weighted by Gasteiger charge is 2.22. The van der Waals surface area contributed by atoms with E-state index in [-0.39, 0.29) is 23.8 Å². The van der Waals surface area contributed by atoms with Crippen LogP contribution in [0, 0.1) is 12.7 Å². The number of rotatable bonds is 6. The largest absolute Gasteiger partial charge is 0.330 e. The molecule has 0 unspecified atom stereocenters. The second-order valence-corrected chi connectivity index (χ2v) is 5.90. The maximum atomic E-state index is 12.9. The van der Waals surface area contributed by atoms with E-state index in [0.29, 0.717) is 5.69 Å². The molecule has 0 aliphatic rings. The molecule has 0 aliphatic carbocycles. The molecule has 3 N–H and O–H groups in total. The van der Waals surface area contributed by atoms with E-state index in [2.05, 4.69) is 48.7 Å². The zero-order valence-corrected chi connectivity index (χ0v) is 13.8. The molecule has 122 valence electrons. The van der Waals surface area contributed by atoms with Gasteiger partial charge in [-0.1, -0.05) is 36.8 Å². The highest BCUT2D eigenvalue weighted by Crippen LogP contribution is 2.14. The van der Waals surface area contributed by atoms with Crippen LogP contribution in [0.3, 0.4) is 0 Å². The third-order valence-corrected chi connectivity index (χ3v) is 3.99. The van der Waals surface area contributed by atoms with Crippen LogP contribution in [-0.2, 0) is 4.79 Å². The monoisotopic (exact) mass is 315 g/mol. The number of nitrogens with two attached hydrogens (primary N) is 1. The van der Waals surface area contributed by atoms with Crippen LogP contribution < -0.4 is 10.6 Å². The van der Waals surface area contributed by atoms with Gasteiger partial charge < -0.3 is 10.6 Å². The lowest BCUT2D eigenvalue weighted by Gasteiger charge is -2.19. The second kappa shape index (κ2) is 7.88. The van der Waals surface area contributed by atoms with Gasteiger partial charge in [-0.05, 0) is 38.1 Å². The number of hydrogen-bond acceptors (Lipinski definition) is 1. The summed E-state index contributed by atoms with van der Waals surface area (Å²) in [5, 5.41) is 4.90. The first kappa shape index (κ1) is 17.2. The SMILES string of the molecule is CC[C@H]([NH2+][C@@H](C)C(=O)Nc1ccc(F)cc1)c1ccc(C)cc1. The summed E-state index contributed by atoms with van der Waals surface area (Å²) < 4.78 is 12.9. The third-order valence-electron chi connectivity index (χ3n) is 3.99. The third kappa shape index (κ3) is 4.89. The van der Waals surface area contributed by atoms with Gasteiger partial charge in [0, 0.05) is 17.7 Å². The first-order valence-corrected chi connectivity index (χ1v) is 7.97. The molecule has 0 saturated carbocycles. The number of aryl methyl sites for hydroxylation is 1. The van der Waals surface area contributed by atoms with Gasteiger partial charge in [-0.3, -0.25) is 4.79 Å². The Morgan fingerprint density at radius 2 is 1.74 bits per heavy atom. The van der Waals surface area contributed by atoms with Crippen LogP contribution in [0.2, 0.25) is 0 Å². The van der Waals surface area contributed by atoms with E-state index in [0.717, 1.165) is 6.42 Å². The van der Waals surface area contributed by atoms with Crippen molar-refractivity contribution >= 4 is 11.6 Å². The van der Waals surface area contributed by atoms with Crippen molar-refractivity contribution in [1.29, 1.82) is 0 Å². The van der Waals surface area contributed by atoms with Gasteiger partial charge in [0.05, 0.1) is 0 Å². The lowest BCUT2D eigenvalue weighted by atomic mass is 10.0. The maximum absolute atomic E-state index is 12.9. The van der Waals surface area contributed by atoms with Gasteiger partial charge in [0.1, 0.15) is 11.9 Å². The smallest absolute Gasteiger partial charge is 0.282 e. The zero-order chi connectivity index (χ0) is 16.8. The number of carbonyl (C=O) groups excluding carboxylic acids is 1. The molecular weight excluding hydrogens is 291 g/mol. The van der Waals surface area contributed by atoms with Gasteiger partial charge in [-0.25, -0.2) is 4.39 Å². The molecule has 23 heavy (non-hydrogen) atoms. The van der Waals surface area contributed by atoms with Crippen LogP contribution in [0.15, 0.2) is 48.5 Å². The molecule has 2 aromatic rings. The lowest BCUT2D eigenvalue weighted by Crippen LogP contribution is -2.92. The molecule has 2 atom stereocenters. The van der Waals surface area contributed by atoms with Gasteiger partial charge in [-0.15, -0.1) is 0 Å². The normalized spacial score (nSPS) is 13.4. The average molecular weight is 315 g/mol. The first-order valence-electron chi connectivity index (χ1n) is 7.97. The van der Waals surface area contributed by atoms with Crippen LogP contribution >= 0.6 is 0 Å². The Morgan fingerprint density at radius 1 is 1.13 bits per heavy atom. The number of benzene rings is 2. The summed E-state index contributed by atoms with van der Waals surface area (Å²) in [4.78, 5) is 12.3. The molecule has 0 fully saturated rings. The van der Waals surface area contributed by atoms with Crippen molar-refractivity contribution in [3.63, 3.8) is 0 Å². The minimum Gasteiger partial charge on any atom is -0.330 e. The molecule has 0 saturated heterocycles. The molecule has 2 aromatic carbocycles. The molecule has 2 rings (SSSR count). The number of halogens is 1. The van der Waals surface area contributed by atoms with Crippen LogP contribution in [0.25, 0.3) is 0 Å². The molecule has 3 nitrogen and oxygen atoms in total. The highest BCUT2D eigenvalue weighted by molar-refractivity contribution is 5.93. The maximum Gasteiger partial charge on any atom is 0.282 e. The van der Waals surface area contributed by atoms with Gasteiger partial charge in [0.25, 0.3) is 5.91 Å². The summed E-state index contributed by atoms with van der Waals surface area (Å²) in [6.07, 6.45) is 0.942. The minimum atomic E-state index is -0.312. The number of hydrogen-bond donors (Lipinski definition) is 2.